The van der Waals surface area contributed by atoms with E-state index in [1.165, 1.54) is 24.3 Å². The lowest BCUT2D eigenvalue weighted by atomic mass is 10.2. The summed E-state index contributed by atoms with van der Waals surface area (Å²) >= 11 is -0.286. The van der Waals surface area contributed by atoms with Crippen LogP contribution in [-0.2, 0) is 5.75 Å². The monoisotopic (exact) mass is 237 g/mol. The van der Waals surface area contributed by atoms with Gasteiger partial charge in [0, 0.05) is 17.4 Å². The normalized spacial score (nSPS) is 11.4. The number of para-hydroxylation sites is 1. The second-order valence-corrected chi connectivity index (χ2v) is 3.66. The van der Waals surface area contributed by atoms with Gasteiger partial charge in [0.1, 0.15) is 0 Å². The maximum Gasteiger partial charge on any atom is 0.442 e. The van der Waals surface area contributed by atoms with Crippen LogP contribution in [0.3, 0.4) is 0 Å². The summed E-state index contributed by atoms with van der Waals surface area (Å²) in [6.45, 7) is 0. The number of hydrogen-bond donors (Lipinski definition) is 0. The van der Waals surface area contributed by atoms with Gasteiger partial charge in [-0.25, -0.2) is 0 Å². The minimum atomic E-state index is -4.37. The minimum absolute atomic E-state index is 0.0739. The van der Waals surface area contributed by atoms with Gasteiger partial charge in [-0.3, -0.25) is 10.1 Å². The van der Waals surface area contributed by atoms with Crippen molar-refractivity contribution in [2.24, 2.45) is 0 Å². The number of nitro groups is 1. The molecule has 82 valence electrons. The Hall–Kier alpha value is -1.24. The van der Waals surface area contributed by atoms with E-state index in [1.54, 1.807) is 0 Å². The molecule has 1 aromatic rings. The van der Waals surface area contributed by atoms with E-state index in [1.807, 2.05) is 0 Å². The molecule has 0 saturated carbocycles. The second kappa shape index (κ2) is 4.52. The SMILES string of the molecule is O=[N+]([O-])c1ccccc1CSC(F)(F)F. The molecule has 1 rings (SSSR count). The fraction of sp³-hybridized carbons (Fsp3) is 0.250. The van der Waals surface area contributed by atoms with Crippen molar-refractivity contribution in [1.82, 2.24) is 0 Å². The number of nitro benzene ring substituents is 1. The number of benzene rings is 1. The first-order valence-electron chi connectivity index (χ1n) is 3.83. The highest BCUT2D eigenvalue weighted by Gasteiger charge is 2.29. The minimum Gasteiger partial charge on any atom is -0.258 e. The van der Waals surface area contributed by atoms with Crippen LogP contribution in [-0.4, -0.2) is 10.4 Å². The molecule has 1 aromatic carbocycles. The molecule has 0 aromatic heterocycles. The van der Waals surface area contributed by atoms with E-state index in [-0.39, 0.29) is 23.0 Å². The van der Waals surface area contributed by atoms with Gasteiger partial charge in [-0.05, 0) is 11.8 Å². The summed E-state index contributed by atoms with van der Waals surface area (Å²) in [5.41, 5.74) is -4.58. The zero-order chi connectivity index (χ0) is 11.5. The van der Waals surface area contributed by atoms with E-state index in [0.717, 1.165) is 0 Å². The standard InChI is InChI=1S/C8H6F3NO2S/c9-8(10,11)15-5-6-3-1-2-4-7(6)12(13)14/h1-4H,5H2. The molecule has 0 aliphatic heterocycles. The maximum atomic E-state index is 11.9. The van der Waals surface area contributed by atoms with Gasteiger partial charge in [-0.2, -0.15) is 13.2 Å². The first kappa shape index (κ1) is 11.8. The molecule has 0 unspecified atom stereocenters. The summed E-state index contributed by atoms with van der Waals surface area (Å²) in [6, 6.07) is 5.39. The van der Waals surface area contributed by atoms with Gasteiger partial charge >= 0.3 is 5.51 Å². The molecule has 0 heterocycles. The van der Waals surface area contributed by atoms with Crippen LogP contribution < -0.4 is 0 Å². The van der Waals surface area contributed by atoms with Gasteiger partial charge in [0.25, 0.3) is 5.69 Å². The fourth-order valence-corrected chi connectivity index (χ4v) is 1.53. The van der Waals surface area contributed by atoms with Crippen LogP contribution in [0.2, 0.25) is 0 Å². The number of hydrogen-bond acceptors (Lipinski definition) is 3. The molecule has 0 atom stereocenters. The number of alkyl halides is 3. The number of nitrogens with zero attached hydrogens (tertiary/aromatic N) is 1. The van der Waals surface area contributed by atoms with Crippen LogP contribution in [0.15, 0.2) is 24.3 Å². The molecule has 0 aliphatic carbocycles. The van der Waals surface area contributed by atoms with Crippen molar-refractivity contribution in [2.75, 3.05) is 0 Å². The average molecular weight is 237 g/mol. The van der Waals surface area contributed by atoms with Crippen LogP contribution in [0.1, 0.15) is 5.56 Å². The van der Waals surface area contributed by atoms with Gasteiger partial charge in [-0.1, -0.05) is 18.2 Å². The Morgan fingerprint density at radius 3 is 2.47 bits per heavy atom. The lowest BCUT2D eigenvalue weighted by Crippen LogP contribution is -2.02. The molecule has 0 amide bonds. The van der Waals surface area contributed by atoms with Gasteiger partial charge in [0.05, 0.1) is 4.92 Å². The van der Waals surface area contributed by atoms with Crippen LogP contribution >= 0.6 is 11.8 Å². The molecule has 0 radical (unpaired) electrons. The topological polar surface area (TPSA) is 43.1 Å². The second-order valence-electron chi connectivity index (χ2n) is 2.62. The summed E-state index contributed by atoms with van der Waals surface area (Å²) in [5.74, 6) is -0.444. The molecule has 0 aliphatic rings. The molecular formula is C8H6F3NO2S. The van der Waals surface area contributed by atoms with E-state index in [0.29, 0.717) is 0 Å². The smallest absolute Gasteiger partial charge is 0.258 e. The zero-order valence-corrected chi connectivity index (χ0v) is 8.14. The van der Waals surface area contributed by atoms with Gasteiger partial charge in [0.2, 0.25) is 0 Å². The lowest BCUT2D eigenvalue weighted by Gasteiger charge is -2.05. The van der Waals surface area contributed by atoms with Gasteiger partial charge in [0.15, 0.2) is 0 Å². The quantitative estimate of drug-likeness (QED) is 0.598. The third-order valence-corrected chi connectivity index (χ3v) is 2.36. The fourth-order valence-electron chi connectivity index (χ4n) is 0.971. The van der Waals surface area contributed by atoms with Crippen LogP contribution in [0.4, 0.5) is 18.9 Å². The highest BCUT2D eigenvalue weighted by Crippen LogP contribution is 2.34. The van der Waals surface area contributed by atoms with E-state index in [9.17, 15) is 23.3 Å². The predicted molar refractivity (Wildman–Crippen MR) is 50.4 cm³/mol. The first-order chi connectivity index (χ1) is 6.90. The Bertz CT molecular complexity index is 367. The largest absolute Gasteiger partial charge is 0.442 e. The highest BCUT2D eigenvalue weighted by molar-refractivity contribution is 7.99. The summed E-state index contributed by atoms with van der Waals surface area (Å²) < 4.78 is 35.6. The summed E-state index contributed by atoms with van der Waals surface area (Å²) in [7, 11) is 0. The lowest BCUT2D eigenvalue weighted by molar-refractivity contribution is -0.385. The van der Waals surface area contributed by atoms with Crippen molar-refractivity contribution in [1.29, 1.82) is 0 Å². The van der Waals surface area contributed by atoms with E-state index in [4.69, 9.17) is 0 Å². The van der Waals surface area contributed by atoms with Crippen molar-refractivity contribution in [3.63, 3.8) is 0 Å². The Morgan fingerprint density at radius 2 is 1.93 bits per heavy atom. The third-order valence-electron chi connectivity index (χ3n) is 1.58. The van der Waals surface area contributed by atoms with Crippen molar-refractivity contribution in [2.45, 2.75) is 11.3 Å². The Kier molecular flexibility index (Phi) is 3.57. The van der Waals surface area contributed by atoms with Gasteiger partial charge < -0.3 is 0 Å². The predicted octanol–water partition coefficient (Wildman–Crippen LogP) is 3.35. The maximum absolute atomic E-state index is 11.9. The Balaban J connectivity index is 2.81. The number of halogens is 3. The van der Waals surface area contributed by atoms with Crippen LogP contribution in [0.5, 0.6) is 0 Å². The molecule has 7 heteroatoms. The molecule has 3 nitrogen and oxygen atoms in total. The molecular weight excluding hydrogens is 231 g/mol. The molecule has 0 fully saturated rings. The van der Waals surface area contributed by atoms with Crippen molar-refractivity contribution < 1.29 is 18.1 Å². The highest BCUT2D eigenvalue weighted by atomic mass is 32.2. The Labute approximate surface area is 87.4 Å². The zero-order valence-electron chi connectivity index (χ0n) is 7.32. The molecule has 0 N–H and O–H groups in total. The van der Waals surface area contributed by atoms with Gasteiger partial charge in [-0.15, -0.1) is 0 Å². The molecule has 0 spiro atoms. The van der Waals surface area contributed by atoms with E-state index < -0.39 is 16.2 Å². The van der Waals surface area contributed by atoms with E-state index in [2.05, 4.69) is 0 Å². The summed E-state index contributed by atoms with van der Waals surface area (Å²) in [5, 5.41) is 10.5. The summed E-state index contributed by atoms with van der Waals surface area (Å²) in [6.07, 6.45) is 0. The molecule has 0 bridgehead atoms. The van der Waals surface area contributed by atoms with Crippen LogP contribution in [0, 0.1) is 10.1 Å². The van der Waals surface area contributed by atoms with Crippen molar-refractivity contribution >= 4 is 17.4 Å². The molecule has 15 heavy (non-hydrogen) atoms. The average Bonchev–Trinajstić information content (AvgIpc) is 2.14. The van der Waals surface area contributed by atoms with Crippen molar-refractivity contribution in [3.05, 3.63) is 39.9 Å². The Morgan fingerprint density at radius 1 is 1.33 bits per heavy atom. The third kappa shape index (κ3) is 3.78. The molecule has 0 saturated heterocycles. The van der Waals surface area contributed by atoms with E-state index >= 15 is 0 Å². The number of rotatable bonds is 3. The number of thioether (sulfide) groups is 1. The van der Waals surface area contributed by atoms with Crippen LogP contribution in [0.25, 0.3) is 0 Å². The summed E-state index contributed by atoms with van der Waals surface area (Å²) in [4.78, 5) is 9.77. The van der Waals surface area contributed by atoms with Crippen molar-refractivity contribution in [3.8, 4) is 0 Å². The first-order valence-corrected chi connectivity index (χ1v) is 4.82.